The molecule has 0 saturated carbocycles. The number of hydrogen-bond acceptors (Lipinski definition) is 3. The van der Waals surface area contributed by atoms with Gasteiger partial charge in [0.2, 0.25) is 5.91 Å². The van der Waals surface area contributed by atoms with Crippen molar-refractivity contribution in [2.75, 3.05) is 18.6 Å². The van der Waals surface area contributed by atoms with Gasteiger partial charge in [0.25, 0.3) is 5.91 Å². The molecule has 1 atom stereocenters. The number of nitrogens with zero attached hydrogens (tertiary/aromatic N) is 1. The molecule has 6 heteroatoms. The van der Waals surface area contributed by atoms with E-state index in [1.807, 2.05) is 12.1 Å². The second-order valence-electron chi connectivity index (χ2n) is 5.97. The van der Waals surface area contributed by atoms with Crippen LogP contribution >= 0.6 is 11.6 Å². The van der Waals surface area contributed by atoms with Crippen LogP contribution in [0.3, 0.4) is 0 Å². The quantitative estimate of drug-likeness (QED) is 0.834. The lowest BCUT2D eigenvalue weighted by atomic mass is 10.00. The molecule has 0 spiro atoms. The fraction of sp³-hybridized carbons (Fsp3) is 0.200. The van der Waals surface area contributed by atoms with Crippen molar-refractivity contribution in [3.05, 3.63) is 71.3 Å². The second-order valence-corrected chi connectivity index (χ2v) is 6.38. The zero-order valence-electron chi connectivity index (χ0n) is 14.4. The van der Waals surface area contributed by atoms with Gasteiger partial charge in [0.05, 0.1) is 17.7 Å². The Bertz CT molecular complexity index is 849. The Labute approximate surface area is 157 Å². The normalized spacial score (nSPS) is 15.4. The molecular formula is C20H19ClN2O3. The summed E-state index contributed by atoms with van der Waals surface area (Å²) in [7, 11) is 1.65. The van der Waals surface area contributed by atoms with E-state index in [0.29, 0.717) is 35.1 Å². The monoisotopic (exact) mass is 370 g/mol. The number of para-hydroxylation sites is 1. The molecule has 0 radical (unpaired) electrons. The van der Waals surface area contributed by atoms with E-state index in [9.17, 15) is 9.59 Å². The molecule has 0 bridgehead atoms. The number of amides is 2. The van der Waals surface area contributed by atoms with Crippen LogP contribution in [0, 0.1) is 0 Å². The summed E-state index contributed by atoms with van der Waals surface area (Å²) in [4.78, 5) is 25.7. The molecule has 0 aliphatic carbocycles. The van der Waals surface area contributed by atoms with E-state index in [4.69, 9.17) is 16.3 Å². The summed E-state index contributed by atoms with van der Waals surface area (Å²) < 4.78 is 5.62. The lowest BCUT2D eigenvalue weighted by molar-refractivity contribution is -0.113. The first-order valence-electron chi connectivity index (χ1n) is 8.23. The Kier molecular flexibility index (Phi) is 5.28. The maximum absolute atomic E-state index is 12.6. The van der Waals surface area contributed by atoms with Crippen molar-refractivity contribution in [2.45, 2.75) is 12.5 Å². The van der Waals surface area contributed by atoms with Gasteiger partial charge in [-0.3, -0.25) is 9.59 Å². The van der Waals surface area contributed by atoms with Gasteiger partial charge in [0.1, 0.15) is 5.75 Å². The van der Waals surface area contributed by atoms with Crippen LogP contribution in [0.2, 0.25) is 5.02 Å². The molecule has 5 nitrogen and oxygen atoms in total. The minimum absolute atomic E-state index is 0.158. The maximum atomic E-state index is 12.6. The molecule has 1 heterocycles. The predicted octanol–water partition coefficient (Wildman–Crippen LogP) is 3.74. The van der Waals surface area contributed by atoms with Crippen molar-refractivity contribution in [3.8, 4) is 5.75 Å². The van der Waals surface area contributed by atoms with Gasteiger partial charge in [-0.15, -0.1) is 0 Å². The van der Waals surface area contributed by atoms with Crippen molar-refractivity contribution < 1.29 is 14.3 Å². The zero-order valence-corrected chi connectivity index (χ0v) is 15.1. The number of nitrogens with one attached hydrogen (secondary N) is 1. The first-order chi connectivity index (χ1) is 12.5. The molecule has 0 fully saturated rings. The van der Waals surface area contributed by atoms with E-state index in [2.05, 4.69) is 11.9 Å². The van der Waals surface area contributed by atoms with Gasteiger partial charge >= 0.3 is 0 Å². The van der Waals surface area contributed by atoms with E-state index in [1.54, 1.807) is 37.4 Å². The zero-order chi connectivity index (χ0) is 18.7. The number of fused-ring (bicyclic) bond motifs is 1. The average molecular weight is 371 g/mol. The van der Waals surface area contributed by atoms with Crippen molar-refractivity contribution >= 4 is 29.1 Å². The lowest BCUT2D eigenvalue weighted by Gasteiger charge is -2.27. The summed E-state index contributed by atoms with van der Waals surface area (Å²) in [6.45, 7) is 3.96. The minimum atomic E-state index is -0.210. The highest BCUT2D eigenvalue weighted by atomic mass is 35.5. The number of carbonyl (C=O) groups is 2. The van der Waals surface area contributed by atoms with Crippen molar-refractivity contribution in [3.63, 3.8) is 0 Å². The van der Waals surface area contributed by atoms with Crippen LogP contribution < -0.4 is 15.0 Å². The average Bonchev–Trinajstić information content (AvgIpc) is 2.67. The third kappa shape index (κ3) is 3.58. The Morgan fingerprint density at radius 3 is 2.69 bits per heavy atom. The number of carbonyl (C=O) groups excluding carboxylic acids is 2. The van der Waals surface area contributed by atoms with Crippen LogP contribution in [-0.4, -0.2) is 25.5 Å². The van der Waals surface area contributed by atoms with Crippen LogP contribution in [0.15, 0.2) is 55.1 Å². The van der Waals surface area contributed by atoms with Crippen LogP contribution in [0.1, 0.15) is 28.4 Å². The van der Waals surface area contributed by atoms with Crippen LogP contribution in [-0.2, 0) is 4.79 Å². The lowest BCUT2D eigenvalue weighted by Crippen LogP contribution is -2.32. The Balaban J connectivity index is 1.74. The third-order valence-corrected chi connectivity index (χ3v) is 4.65. The smallest absolute Gasteiger partial charge is 0.251 e. The standard InChI is InChI=1S/C20H19ClN2O3/c1-3-18(24)23(2)14-9-7-13(8-10-14)20(25)22-17-11-12-26-19-15(17)5-4-6-16(19)21/h3-10,17H,1,11-12H2,2H3,(H,22,25). The Morgan fingerprint density at radius 2 is 2.00 bits per heavy atom. The van der Waals surface area contributed by atoms with Gasteiger partial charge in [-0.05, 0) is 36.4 Å². The Hall–Kier alpha value is -2.79. The Morgan fingerprint density at radius 1 is 1.27 bits per heavy atom. The number of likely N-dealkylation sites (N-methyl/N-ethyl adjacent to an activating group) is 1. The number of hydrogen-bond donors (Lipinski definition) is 1. The van der Waals surface area contributed by atoms with E-state index < -0.39 is 0 Å². The maximum Gasteiger partial charge on any atom is 0.251 e. The van der Waals surface area contributed by atoms with Crippen LogP contribution in [0.4, 0.5) is 5.69 Å². The molecule has 0 saturated heterocycles. The largest absolute Gasteiger partial charge is 0.492 e. The molecule has 1 aliphatic rings. The van der Waals surface area contributed by atoms with Crippen molar-refractivity contribution in [2.24, 2.45) is 0 Å². The summed E-state index contributed by atoms with van der Waals surface area (Å²) in [5.41, 5.74) is 2.09. The molecule has 1 aliphatic heterocycles. The number of benzene rings is 2. The van der Waals surface area contributed by atoms with E-state index in [1.165, 1.54) is 11.0 Å². The van der Waals surface area contributed by atoms with Gasteiger partial charge in [-0.1, -0.05) is 30.3 Å². The number of halogens is 1. The van der Waals surface area contributed by atoms with Gasteiger partial charge in [-0.2, -0.15) is 0 Å². The van der Waals surface area contributed by atoms with Crippen molar-refractivity contribution in [1.82, 2.24) is 5.32 Å². The van der Waals surface area contributed by atoms with Crippen molar-refractivity contribution in [1.29, 1.82) is 0 Å². The highest BCUT2D eigenvalue weighted by Crippen LogP contribution is 2.37. The fourth-order valence-corrected chi connectivity index (χ4v) is 3.12. The topological polar surface area (TPSA) is 58.6 Å². The van der Waals surface area contributed by atoms with Crippen LogP contribution in [0.25, 0.3) is 0 Å². The summed E-state index contributed by atoms with van der Waals surface area (Å²) in [6.07, 6.45) is 1.92. The molecule has 134 valence electrons. The predicted molar refractivity (Wildman–Crippen MR) is 102 cm³/mol. The molecule has 2 aromatic rings. The molecule has 2 aromatic carbocycles. The first kappa shape index (κ1) is 18.0. The van der Waals surface area contributed by atoms with E-state index in [-0.39, 0.29) is 17.9 Å². The van der Waals surface area contributed by atoms with Gasteiger partial charge in [0, 0.05) is 30.3 Å². The molecule has 26 heavy (non-hydrogen) atoms. The summed E-state index contributed by atoms with van der Waals surface area (Å²) in [5.74, 6) is 0.232. The molecule has 2 amide bonds. The number of anilines is 1. The highest BCUT2D eigenvalue weighted by molar-refractivity contribution is 6.32. The second kappa shape index (κ2) is 7.62. The van der Waals surface area contributed by atoms with Gasteiger partial charge in [0.15, 0.2) is 0 Å². The molecule has 1 unspecified atom stereocenters. The van der Waals surface area contributed by atoms with E-state index in [0.717, 1.165) is 5.56 Å². The molecule has 3 rings (SSSR count). The summed E-state index contributed by atoms with van der Waals surface area (Å²) in [5, 5.41) is 3.57. The highest BCUT2D eigenvalue weighted by Gasteiger charge is 2.25. The summed E-state index contributed by atoms with van der Waals surface area (Å²) >= 11 is 6.17. The first-order valence-corrected chi connectivity index (χ1v) is 8.61. The van der Waals surface area contributed by atoms with Crippen LogP contribution in [0.5, 0.6) is 5.75 Å². The minimum Gasteiger partial charge on any atom is -0.492 e. The van der Waals surface area contributed by atoms with E-state index >= 15 is 0 Å². The molecule has 0 aromatic heterocycles. The number of ether oxygens (including phenoxy) is 1. The summed E-state index contributed by atoms with van der Waals surface area (Å²) in [6, 6.07) is 12.2. The molecular weight excluding hydrogens is 352 g/mol. The van der Waals surface area contributed by atoms with Gasteiger partial charge < -0.3 is 15.0 Å². The fourth-order valence-electron chi connectivity index (χ4n) is 2.88. The SMILES string of the molecule is C=CC(=O)N(C)c1ccc(C(=O)NC2CCOc3c(Cl)cccc32)cc1. The number of rotatable bonds is 4. The third-order valence-electron chi connectivity index (χ3n) is 4.35. The van der Waals surface area contributed by atoms with Gasteiger partial charge in [-0.25, -0.2) is 0 Å². The molecule has 1 N–H and O–H groups in total.